The van der Waals surface area contributed by atoms with Gasteiger partial charge in [0.1, 0.15) is 23.2 Å². The van der Waals surface area contributed by atoms with E-state index in [1.807, 2.05) is 0 Å². The van der Waals surface area contributed by atoms with Crippen LogP contribution in [0.3, 0.4) is 0 Å². The van der Waals surface area contributed by atoms with Gasteiger partial charge in [-0.2, -0.15) is 0 Å². The smallest absolute Gasteiger partial charge is 0.270 e. The molecule has 144 valence electrons. The Labute approximate surface area is 157 Å². The Morgan fingerprint density at radius 3 is 2.46 bits per heavy atom. The normalized spacial score (nSPS) is 10.6. The molecule has 0 aliphatic heterocycles. The minimum absolute atomic E-state index is 0.00782. The molecule has 9 heteroatoms. The second kappa shape index (κ2) is 8.03. The summed E-state index contributed by atoms with van der Waals surface area (Å²) >= 11 is 0. The summed E-state index contributed by atoms with van der Waals surface area (Å²) in [4.78, 5) is 20.3. The highest BCUT2D eigenvalue weighted by Gasteiger charge is 2.16. The number of nitrogens with one attached hydrogen (secondary N) is 2. The van der Waals surface area contributed by atoms with Crippen LogP contribution >= 0.6 is 0 Å². The van der Waals surface area contributed by atoms with E-state index < -0.39 is 29.2 Å². The second-order valence-corrected chi connectivity index (χ2v) is 5.81. The summed E-state index contributed by atoms with van der Waals surface area (Å²) < 4.78 is 53.8. The first kappa shape index (κ1) is 19.3. The summed E-state index contributed by atoms with van der Waals surface area (Å²) in [7, 11) is 0. The number of hydrogen-bond acceptors (Lipinski definition) is 4. The molecule has 0 spiro atoms. The molecular formula is C19H14F4N4O. The fraction of sp³-hybridized carbons (Fsp3) is 0.105. The van der Waals surface area contributed by atoms with Crippen LogP contribution in [0.2, 0.25) is 0 Å². The van der Waals surface area contributed by atoms with Gasteiger partial charge in [0.15, 0.2) is 17.5 Å². The standard InChI is InChI=1S/C19H14F4N4O/c1-10-25-15(19(28)24-9-11-4-2-3-5-12(11)20)8-16(26-10)27-14-7-6-13(21)17(22)18(14)23/h2-8H,9H2,1H3,(H,24,28)(H,25,26,27). The SMILES string of the molecule is Cc1nc(Nc2ccc(F)c(F)c2F)cc(C(=O)NCc2ccccc2F)n1. The predicted molar refractivity (Wildman–Crippen MR) is 93.9 cm³/mol. The van der Waals surface area contributed by atoms with Crippen LogP contribution in [0.15, 0.2) is 42.5 Å². The number of amides is 1. The first-order valence-corrected chi connectivity index (χ1v) is 8.13. The van der Waals surface area contributed by atoms with E-state index in [0.717, 1.165) is 12.1 Å². The molecule has 3 rings (SSSR count). The van der Waals surface area contributed by atoms with Crippen molar-refractivity contribution in [2.24, 2.45) is 0 Å². The van der Waals surface area contributed by atoms with Gasteiger partial charge in [-0.15, -0.1) is 0 Å². The molecule has 0 bridgehead atoms. The van der Waals surface area contributed by atoms with E-state index in [1.165, 1.54) is 31.2 Å². The molecule has 0 unspecified atom stereocenters. The van der Waals surface area contributed by atoms with Gasteiger partial charge in [-0.3, -0.25) is 4.79 Å². The van der Waals surface area contributed by atoms with Crippen LogP contribution in [-0.2, 0) is 6.54 Å². The number of aromatic nitrogens is 2. The van der Waals surface area contributed by atoms with Crippen LogP contribution in [0.25, 0.3) is 0 Å². The predicted octanol–water partition coefficient (Wildman–Crippen LogP) is 4.02. The van der Waals surface area contributed by atoms with Crippen molar-refractivity contribution in [2.75, 3.05) is 5.32 Å². The maximum atomic E-state index is 13.8. The van der Waals surface area contributed by atoms with Crippen molar-refractivity contribution >= 4 is 17.4 Å². The lowest BCUT2D eigenvalue weighted by Crippen LogP contribution is -2.25. The lowest BCUT2D eigenvalue weighted by molar-refractivity contribution is 0.0945. The third kappa shape index (κ3) is 4.25. The van der Waals surface area contributed by atoms with Crippen molar-refractivity contribution in [1.82, 2.24) is 15.3 Å². The topological polar surface area (TPSA) is 66.9 Å². The molecule has 0 radical (unpaired) electrons. The Morgan fingerprint density at radius 2 is 1.71 bits per heavy atom. The van der Waals surface area contributed by atoms with Crippen molar-refractivity contribution in [3.63, 3.8) is 0 Å². The zero-order chi connectivity index (χ0) is 20.3. The van der Waals surface area contributed by atoms with Gasteiger partial charge >= 0.3 is 0 Å². The molecule has 1 amide bonds. The van der Waals surface area contributed by atoms with Gasteiger partial charge in [0, 0.05) is 18.2 Å². The van der Waals surface area contributed by atoms with Gasteiger partial charge in [-0.1, -0.05) is 18.2 Å². The molecule has 5 nitrogen and oxygen atoms in total. The molecule has 0 saturated heterocycles. The maximum absolute atomic E-state index is 13.8. The molecule has 2 N–H and O–H groups in total. The molecule has 0 aliphatic rings. The summed E-state index contributed by atoms with van der Waals surface area (Å²) in [5.74, 6) is -5.24. The Balaban J connectivity index is 1.78. The monoisotopic (exact) mass is 390 g/mol. The van der Waals surface area contributed by atoms with E-state index in [1.54, 1.807) is 6.07 Å². The maximum Gasteiger partial charge on any atom is 0.270 e. The van der Waals surface area contributed by atoms with Crippen molar-refractivity contribution in [1.29, 1.82) is 0 Å². The number of carbonyl (C=O) groups excluding carboxylic acids is 1. The lowest BCUT2D eigenvalue weighted by atomic mass is 10.2. The number of aryl methyl sites for hydroxylation is 1. The molecule has 28 heavy (non-hydrogen) atoms. The first-order chi connectivity index (χ1) is 13.3. The summed E-state index contributed by atoms with van der Waals surface area (Å²) in [6.07, 6.45) is 0. The second-order valence-electron chi connectivity index (χ2n) is 5.81. The molecule has 0 aliphatic carbocycles. The highest BCUT2D eigenvalue weighted by atomic mass is 19.2. The minimum atomic E-state index is -1.63. The van der Waals surface area contributed by atoms with Crippen LogP contribution in [-0.4, -0.2) is 15.9 Å². The Morgan fingerprint density at radius 1 is 0.964 bits per heavy atom. The number of carbonyl (C=O) groups is 1. The van der Waals surface area contributed by atoms with Gasteiger partial charge in [0.25, 0.3) is 5.91 Å². The fourth-order valence-electron chi connectivity index (χ4n) is 2.42. The summed E-state index contributed by atoms with van der Waals surface area (Å²) in [6.45, 7) is 1.44. The van der Waals surface area contributed by atoms with Gasteiger partial charge in [0.05, 0.1) is 5.69 Å². The zero-order valence-electron chi connectivity index (χ0n) is 14.6. The Bertz CT molecular complexity index is 1040. The fourth-order valence-corrected chi connectivity index (χ4v) is 2.42. The number of halogens is 4. The number of hydrogen-bond donors (Lipinski definition) is 2. The highest BCUT2D eigenvalue weighted by Crippen LogP contribution is 2.23. The summed E-state index contributed by atoms with van der Waals surface area (Å²) in [5.41, 5.74) is -0.118. The van der Waals surface area contributed by atoms with Crippen LogP contribution in [0.1, 0.15) is 21.9 Å². The van der Waals surface area contributed by atoms with Gasteiger partial charge in [-0.25, -0.2) is 27.5 Å². The molecule has 0 saturated carbocycles. The Hall–Kier alpha value is -3.49. The Kier molecular flexibility index (Phi) is 5.53. The summed E-state index contributed by atoms with van der Waals surface area (Å²) in [5, 5.41) is 5.01. The first-order valence-electron chi connectivity index (χ1n) is 8.13. The third-order valence-electron chi connectivity index (χ3n) is 3.77. The average molecular weight is 390 g/mol. The minimum Gasteiger partial charge on any atom is -0.347 e. The van der Waals surface area contributed by atoms with Crippen LogP contribution in [0, 0.1) is 30.2 Å². The number of anilines is 2. The molecular weight excluding hydrogens is 376 g/mol. The van der Waals surface area contributed by atoms with E-state index in [2.05, 4.69) is 20.6 Å². The molecule has 1 heterocycles. The molecule has 1 aromatic heterocycles. The van der Waals surface area contributed by atoms with E-state index in [4.69, 9.17) is 0 Å². The van der Waals surface area contributed by atoms with Gasteiger partial charge in [-0.05, 0) is 25.1 Å². The van der Waals surface area contributed by atoms with Crippen molar-refractivity contribution in [3.8, 4) is 0 Å². The molecule has 3 aromatic rings. The van der Waals surface area contributed by atoms with E-state index >= 15 is 0 Å². The van der Waals surface area contributed by atoms with E-state index in [9.17, 15) is 22.4 Å². The molecule has 0 fully saturated rings. The average Bonchev–Trinajstić information content (AvgIpc) is 2.67. The van der Waals surface area contributed by atoms with Crippen LogP contribution in [0.5, 0.6) is 0 Å². The largest absolute Gasteiger partial charge is 0.347 e. The van der Waals surface area contributed by atoms with Crippen LogP contribution < -0.4 is 10.6 Å². The van der Waals surface area contributed by atoms with Gasteiger partial charge in [0.2, 0.25) is 0 Å². The summed E-state index contributed by atoms with van der Waals surface area (Å²) in [6, 6.07) is 8.94. The van der Waals surface area contributed by atoms with E-state index in [-0.39, 0.29) is 29.6 Å². The van der Waals surface area contributed by atoms with E-state index in [0.29, 0.717) is 5.56 Å². The van der Waals surface area contributed by atoms with Crippen molar-refractivity contribution < 1.29 is 22.4 Å². The zero-order valence-corrected chi connectivity index (χ0v) is 14.6. The number of rotatable bonds is 5. The van der Waals surface area contributed by atoms with Crippen molar-refractivity contribution in [3.05, 3.63) is 82.8 Å². The molecule has 2 aromatic carbocycles. The van der Waals surface area contributed by atoms with Gasteiger partial charge < -0.3 is 10.6 Å². The third-order valence-corrected chi connectivity index (χ3v) is 3.77. The number of nitrogens with zero attached hydrogens (tertiary/aromatic N) is 2. The number of benzene rings is 2. The lowest BCUT2D eigenvalue weighted by Gasteiger charge is -2.10. The molecule has 0 atom stereocenters. The quantitative estimate of drug-likeness (QED) is 0.510. The van der Waals surface area contributed by atoms with Crippen molar-refractivity contribution in [2.45, 2.75) is 13.5 Å². The highest BCUT2D eigenvalue weighted by molar-refractivity contribution is 5.93. The van der Waals surface area contributed by atoms with Crippen LogP contribution in [0.4, 0.5) is 29.1 Å².